The highest BCUT2D eigenvalue weighted by Crippen LogP contribution is 2.53. The van der Waals surface area contributed by atoms with Gasteiger partial charge in [0.05, 0.1) is 31.7 Å². The number of carbonyl (C=O) groups is 4. The molecule has 2 amide bonds. The largest absolute Gasteiger partial charge is 0.468 e. The van der Waals surface area contributed by atoms with E-state index >= 15 is 0 Å². The van der Waals surface area contributed by atoms with Crippen LogP contribution in [0.1, 0.15) is 24.0 Å². The molecule has 0 aromatic heterocycles. The maximum Gasteiger partial charge on any atom is 0.323 e. The summed E-state index contributed by atoms with van der Waals surface area (Å²) < 4.78 is 10.2. The number of nitrogens with zero attached hydrogens (tertiary/aromatic N) is 1. The Balaban J connectivity index is 1.67. The number of hydrogen-bond donors (Lipinski definition) is 0. The predicted molar refractivity (Wildman–Crippen MR) is 123 cm³/mol. The molecular formula is C27H25NO6. The van der Waals surface area contributed by atoms with Crippen LogP contribution in [0.5, 0.6) is 0 Å². The fourth-order valence-electron chi connectivity index (χ4n) is 5.94. The lowest BCUT2D eigenvalue weighted by Gasteiger charge is -2.35. The van der Waals surface area contributed by atoms with Crippen LogP contribution in [0.25, 0.3) is 5.57 Å². The van der Waals surface area contributed by atoms with Gasteiger partial charge in [0.1, 0.15) is 0 Å². The Morgan fingerprint density at radius 2 is 1.53 bits per heavy atom. The van der Waals surface area contributed by atoms with Crippen LogP contribution >= 0.6 is 0 Å². The third kappa shape index (κ3) is 3.10. The second-order valence-corrected chi connectivity index (χ2v) is 9.08. The minimum atomic E-state index is -1.62. The molecule has 1 fully saturated rings. The van der Waals surface area contributed by atoms with Gasteiger partial charge in [-0.3, -0.25) is 24.1 Å². The van der Waals surface area contributed by atoms with Crippen molar-refractivity contribution in [2.45, 2.75) is 19.3 Å². The first-order valence-corrected chi connectivity index (χ1v) is 11.3. The van der Waals surface area contributed by atoms with E-state index in [9.17, 15) is 19.2 Å². The summed E-state index contributed by atoms with van der Waals surface area (Å²) in [7, 11) is 2.48. The number of carbonyl (C=O) groups excluding carboxylic acids is 4. The number of rotatable bonds is 3. The Morgan fingerprint density at radius 1 is 0.882 bits per heavy atom. The van der Waals surface area contributed by atoms with Crippen LogP contribution in [-0.4, -0.2) is 38.0 Å². The quantitative estimate of drug-likeness (QED) is 0.398. The van der Waals surface area contributed by atoms with E-state index in [1.807, 2.05) is 36.4 Å². The molecule has 0 unspecified atom stereocenters. The summed E-state index contributed by atoms with van der Waals surface area (Å²) in [4.78, 5) is 54.7. The summed E-state index contributed by atoms with van der Waals surface area (Å²) >= 11 is 0. The van der Waals surface area contributed by atoms with Crippen LogP contribution in [0.15, 0.2) is 60.7 Å². The molecule has 34 heavy (non-hydrogen) atoms. The zero-order valence-electron chi connectivity index (χ0n) is 19.0. The Morgan fingerprint density at radius 3 is 2.21 bits per heavy atom. The molecule has 1 aliphatic heterocycles. The van der Waals surface area contributed by atoms with Crippen LogP contribution in [-0.2, 0) is 35.1 Å². The van der Waals surface area contributed by atoms with Gasteiger partial charge in [0, 0.05) is 0 Å². The van der Waals surface area contributed by atoms with Crippen molar-refractivity contribution in [1.82, 2.24) is 0 Å². The van der Waals surface area contributed by atoms with E-state index < -0.39 is 35.1 Å². The number of esters is 2. The van der Waals surface area contributed by atoms with Crippen molar-refractivity contribution in [3.05, 3.63) is 71.8 Å². The Kier molecular flexibility index (Phi) is 5.35. The third-order valence-corrected chi connectivity index (χ3v) is 7.46. The van der Waals surface area contributed by atoms with Crippen molar-refractivity contribution in [2.75, 3.05) is 19.1 Å². The molecule has 1 saturated heterocycles. The minimum Gasteiger partial charge on any atom is -0.468 e. The number of methoxy groups -OCH3 is 2. The summed E-state index contributed by atoms with van der Waals surface area (Å²) in [6.45, 7) is 0. The van der Waals surface area contributed by atoms with Crippen LogP contribution in [0, 0.1) is 23.2 Å². The summed E-state index contributed by atoms with van der Waals surface area (Å²) in [5.74, 6) is -3.72. The van der Waals surface area contributed by atoms with E-state index in [-0.39, 0.29) is 24.7 Å². The Labute approximate surface area is 197 Å². The third-order valence-electron chi connectivity index (χ3n) is 7.46. The highest BCUT2D eigenvalue weighted by Gasteiger charge is 2.59. The van der Waals surface area contributed by atoms with Crippen molar-refractivity contribution in [3.63, 3.8) is 0 Å². The topological polar surface area (TPSA) is 90.0 Å². The first-order valence-electron chi connectivity index (χ1n) is 11.3. The number of benzene rings is 2. The van der Waals surface area contributed by atoms with E-state index in [0.29, 0.717) is 12.1 Å². The summed E-state index contributed by atoms with van der Waals surface area (Å²) in [6.07, 6.45) is 2.53. The molecule has 3 aliphatic rings. The number of fused-ring (bicyclic) bond motifs is 5. The second-order valence-electron chi connectivity index (χ2n) is 9.08. The van der Waals surface area contributed by atoms with Gasteiger partial charge >= 0.3 is 11.9 Å². The highest BCUT2D eigenvalue weighted by molar-refractivity contribution is 6.23. The van der Waals surface area contributed by atoms with E-state index in [4.69, 9.17) is 9.47 Å². The molecule has 2 aromatic rings. The van der Waals surface area contributed by atoms with E-state index in [1.54, 1.807) is 24.3 Å². The van der Waals surface area contributed by atoms with Gasteiger partial charge in [0.25, 0.3) is 0 Å². The van der Waals surface area contributed by atoms with Crippen LogP contribution in [0.4, 0.5) is 5.69 Å². The summed E-state index contributed by atoms with van der Waals surface area (Å²) in [6, 6.07) is 16.4. The molecule has 0 spiro atoms. The fourth-order valence-corrected chi connectivity index (χ4v) is 5.94. The van der Waals surface area contributed by atoms with Gasteiger partial charge in [-0.25, -0.2) is 0 Å². The maximum atomic E-state index is 13.8. The van der Waals surface area contributed by atoms with Crippen LogP contribution in [0.2, 0.25) is 0 Å². The van der Waals surface area contributed by atoms with E-state index in [1.165, 1.54) is 19.1 Å². The molecule has 7 heteroatoms. The number of para-hydroxylation sites is 1. The molecule has 5 rings (SSSR count). The van der Waals surface area contributed by atoms with Gasteiger partial charge in [0.2, 0.25) is 11.8 Å². The second kappa shape index (κ2) is 8.24. The molecule has 0 radical (unpaired) electrons. The van der Waals surface area contributed by atoms with E-state index in [2.05, 4.69) is 0 Å². The van der Waals surface area contributed by atoms with Crippen molar-refractivity contribution in [3.8, 4) is 0 Å². The SMILES string of the molecule is COC(=O)C1(C(=O)OC)Cc2ccccc2C2=CC[C@H]3C(=O)N(c4ccccc4)C(=O)[C@H]3[C@H]2C1. The number of hydrogen-bond acceptors (Lipinski definition) is 6. The van der Waals surface area contributed by atoms with Gasteiger partial charge in [-0.2, -0.15) is 0 Å². The predicted octanol–water partition coefficient (Wildman–Crippen LogP) is 3.17. The van der Waals surface area contributed by atoms with Crippen LogP contribution < -0.4 is 4.90 Å². The molecule has 0 bridgehead atoms. The number of allylic oxidation sites excluding steroid dienone is 2. The van der Waals surface area contributed by atoms with Gasteiger partial charge in [-0.05, 0) is 54.0 Å². The lowest BCUT2D eigenvalue weighted by atomic mass is 9.66. The van der Waals surface area contributed by atoms with Gasteiger partial charge in [-0.1, -0.05) is 48.5 Å². The summed E-state index contributed by atoms with van der Waals surface area (Å²) in [5.41, 5.74) is 1.49. The number of imide groups is 1. The molecule has 2 aromatic carbocycles. The number of anilines is 1. The van der Waals surface area contributed by atoms with Crippen molar-refractivity contribution >= 4 is 35.0 Å². The Hall–Kier alpha value is -3.74. The lowest BCUT2D eigenvalue weighted by Crippen LogP contribution is -2.46. The normalized spacial score (nSPS) is 24.8. The number of amides is 2. The smallest absolute Gasteiger partial charge is 0.323 e. The summed E-state index contributed by atoms with van der Waals surface area (Å²) in [5, 5.41) is 0. The van der Waals surface area contributed by atoms with Crippen LogP contribution in [0.3, 0.4) is 0 Å². The first-order chi connectivity index (χ1) is 16.4. The molecule has 3 atom stereocenters. The first kappa shape index (κ1) is 22.1. The molecule has 1 heterocycles. The van der Waals surface area contributed by atoms with Gasteiger partial charge < -0.3 is 9.47 Å². The average molecular weight is 459 g/mol. The minimum absolute atomic E-state index is 0.0235. The van der Waals surface area contributed by atoms with E-state index in [0.717, 1.165) is 16.7 Å². The van der Waals surface area contributed by atoms with Crippen molar-refractivity contribution < 1.29 is 28.7 Å². The maximum absolute atomic E-state index is 13.8. The van der Waals surface area contributed by atoms with Gasteiger partial charge in [0.15, 0.2) is 5.41 Å². The molecule has 0 N–H and O–H groups in total. The Bertz CT molecular complexity index is 1200. The standard InChI is InChI=1S/C27H25NO6/c1-33-25(31)27(26(32)34-2)14-16-8-6-7-11-18(16)19-12-13-20-22(21(19)15-27)24(30)28(23(20)29)17-9-4-3-5-10-17/h3-12,20-22H,13-15H2,1-2H3/t20-,21+,22-/m1/s1. The van der Waals surface area contributed by atoms with Gasteiger partial charge in [-0.15, -0.1) is 0 Å². The monoisotopic (exact) mass is 459 g/mol. The van der Waals surface area contributed by atoms with Crippen molar-refractivity contribution in [1.29, 1.82) is 0 Å². The zero-order valence-corrected chi connectivity index (χ0v) is 19.0. The van der Waals surface area contributed by atoms with Crippen molar-refractivity contribution in [2.24, 2.45) is 23.2 Å². The average Bonchev–Trinajstić information content (AvgIpc) is 3.03. The highest BCUT2D eigenvalue weighted by atomic mass is 16.5. The molecule has 0 saturated carbocycles. The molecule has 7 nitrogen and oxygen atoms in total. The lowest BCUT2D eigenvalue weighted by molar-refractivity contribution is -0.170. The molecule has 174 valence electrons. The fraction of sp³-hybridized carbons (Fsp3) is 0.333. The molecular weight excluding hydrogens is 434 g/mol. The zero-order chi connectivity index (χ0) is 24.0. The number of ether oxygens (including phenoxy) is 2. The molecule has 2 aliphatic carbocycles.